The molecule has 4 heteroatoms. The Morgan fingerprint density at radius 2 is 2.00 bits per heavy atom. The van der Waals surface area contributed by atoms with E-state index in [2.05, 4.69) is 26.1 Å². The summed E-state index contributed by atoms with van der Waals surface area (Å²) >= 11 is 0. The highest BCUT2D eigenvalue weighted by Crippen LogP contribution is 2.13. The third kappa shape index (κ3) is 7.33. The highest BCUT2D eigenvalue weighted by Gasteiger charge is 2.13. The molecule has 0 saturated heterocycles. The SMILES string of the molecule is COCC(O)CNC(=O)CC(C)C(C)C. The van der Waals surface area contributed by atoms with Crippen LogP contribution < -0.4 is 5.32 Å². The van der Waals surface area contributed by atoms with Crippen molar-refractivity contribution in [3.8, 4) is 0 Å². The number of rotatable bonds is 7. The van der Waals surface area contributed by atoms with E-state index in [0.717, 1.165) is 0 Å². The zero-order valence-electron chi connectivity index (χ0n) is 10.1. The van der Waals surface area contributed by atoms with Crippen molar-refractivity contribution >= 4 is 5.91 Å². The molecule has 2 N–H and O–H groups in total. The Morgan fingerprint density at radius 1 is 1.40 bits per heavy atom. The molecule has 15 heavy (non-hydrogen) atoms. The van der Waals surface area contributed by atoms with E-state index in [-0.39, 0.29) is 19.1 Å². The second kappa shape index (κ2) is 7.65. The standard InChI is InChI=1S/C11H23NO3/c1-8(2)9(3)5-11(14)12-6-10(13)7-15-4/h8-10,13H,5-7H2,1-4H3,(H,12,14). The maximum atomic E-state index is 11.4. The smallest absolute Gasteiger partial charge is 0.220 e. The van der Waals surface area contributed by atoms with Gasteiger partial charge in [0.05, 0.1) is 12.7 Å². The van der Waals surface area contributed by atoms with Crippen molar-refractivity contribution in [2.24, 2.45) is 11.8 Å². The van der Waals surface area contributed by atoms with E-state index >= 15 is 0 Å². The second-order valence-corrected chi connectivity index (χ2v) is 4.34. The number of hydrogen-bond acceptors (Lipinski definition) is 3. The predicted octanol–water partition coefficient (Wildman–Crippen LogP) is 0.792. The third-order valence-electron chi connectivity index (χ3n) is 2.54. The van der Waals surface area contributed by atoms with E-state index in [1.54, 1.807) is 0 Å². The van der Waals surface area contributed by atoms with Crippen LogP contribution in [0.3, 0.4) is 0 Å². The van der Waals surface area contributed by atoms with Crippen molar-refractivity contribution < 1.29 is 14.6 Å². The first-order valence-electron chi connectivity index (χ1n) is 5.41. The second-order valence-electron chi connectivity index (χ2n) is 4.34. The van der Waals surface area contributed by atoms with Crippen molar-refractivity contribution in [1.82, 2.24) is 5.32 Å². The molecule has 0 radical (unpaired) electrons. The maximum Gasteiger partial charge on any atom is 0.220 e. The van der Waals surface area contributed by atoms with Gasteiger partial charge in [0, 0.05) is 20.1 Å². The minimum atomic E-state index is -0.617. The van der Waals surface area contributed by atoms with E-state index in [1.165, 1.54) is 7.11 Å². The Labute approximate surface area is 92.0 Å². The number of carbonyl (C=O) groups excluding carboxylic acids is 1. The summed E-state index contributed by atoms with van der Waals surface area (Å²) in [4.78, 5) is 11.4. The van der Waals surface area contributed by atoms with Gasteiger partial charge in [-0.2, -0.15) is 0 Å². The van der Waals surface area contributed by atoms with Gasteiger partial charge in [-0.05, 0) is 11.8 Å². The molecular weight excluding hydrogens is 194 g/mol. The number of hydrogen-bond donors (Lipinski definition) is 2. The number of nitrogens with one attached hydrogen (secondary N) is 1. The van der Waals surface area contributed by atoms with Crippen LogP contribution in [-0.4, -0.2) is 37.4 Å². The predicted molar refractivity (Wildman–Crippen MR) is 59.5 cm³/mol. The molecule has 0 heterocycles. The molecule has 0 aromatic heterocycles. The van der Waals surface area contributed by atoms with Gasteiger partial charge in [-0.15, -0.1) is 0 Å². The zero-order chi connectivity index (χ0) is 11.8. The Kier molecular flexibility index (Phi) is 7.34. The van der Waals surface area contributed by atoms with Crippen molar-refractivity contribution in [3.05, 3.63) is 0 Å². The van der Waals surface area contributed by atoms with Crippen LogP contribution >= 0.6 is 0 Å². The molecule has 0 aliphatic carbocycles. The van der Waals surface area contributed by atoms with Gasteiger partial charge in [0.2, 0.25) is 5.91 Å². The van der Waals surface area contributed by atoms with Crippen LogP contribution in [0, 0.1) is 11.8 Å². The van der Waals surface area contributed by atoms with Gasteiger partial charge < -0.3 is 15.2 Å². The van der Waals surface area contributed by atoms with Gasteiger partial charge in [-0.1, -0.05) is 20.8 Å². The van der Waals surface area contributed by atoms with Crippen LogP contribution in [0.1, 0.15) is 27.2 Å². The Morgan fingerprint density at radius 3 is 2.47 bits per heavy atom. The molecule has 4 nitrogen and oxygen atoms in total. The molecule has 0 saturated carbocycles. The van der Waals surface area contributed by atoms with Crippen LogP contribution in [0.5, 0.6) is 0 Å². The van der Waals surface area contributed by atoms with Crippen molar-refractivity contribution in [2.75, 3.05) is 20.3 Å². The number of aliphatic hydroxyl groups is 1. The summed E-state index contributed by atoms with van der Waals surface area (Å²) in [5, 5.41) is 12.0. The lowest BCUT2D eigenvalue weighted by Crippen LogP contribution is -2.35. The topological polar surface area (TPSA) is 58.6 Å². The molecule has 2 unspecified atom stereocenters. The Bertz CT molecular complexity index is 183. The molecular formula is C11H23NO3. The van der Waals surface area contributed by atoms with Gasteiger partial charge in [0.25, 0.3) is 0 Å². The Hall–Kier alpha value is -0.610. The lowest BCUT2D eigenvalue weighted by atomic mass is 9.94. The first kappa shape index (κ1) is 14.4. The first-order chi connectivity index (χ1) is 6.97. The number of amides is 1. The molecule has 0 spiro atoms. The molecule has 0 rings (SSSR count). The highest BCUT2D eigenvalue weighted by molar-refractivity contribution is 5.76. The first-order valence-corrected chi connectivity index (χ1v) is 5.41. The fourth-order valence-corrected chi connectivity index (χ4v) is 1.08. The Balaban J connectivity index is 3.66. The van der Waals surface area contributed by atoms with Crippen LogP contribution in [0.25, 0.3) is 0 Å². The summed E-state index contributed by atoms with van der Waals surface area (Å²) in [6.45, 7) is 6.75. The summed E-state index contributed by atoms with van der Waals surface area (Å²) in [6, 6.07) is 0. The van der Waals surface area contributed by atoms with Gasteiger partial charge in [0.15, 0.2) is 0 Å². The largest absolute Gasteiger partial charge is 0.389 e. The quantitative estimate of drug-likeness (QED) is 0.663. The fraction of sp³-hybridized carbons (Fsp3) is 0.909. The van der Waals surface area contributed by atoms with Gasteiger partial charge >= 0.3 is 0 Å². The molecule has 0 bridgehead atoms. The average molecular weight is 217 g/mol. The molecule has 0 aromatic carbocycles. The number of ether oxygens (including phenoxy) is 1. The molecule has 0 aliphatic rings. The van der Waals surface area contributed by atoms with E-state index in [0.29, 0.717) is 18.3 Å². The summed E-state index contributed by atoms with van der Waals surface area (Å²) in [5.74, 6) is 0.857. The molecule has 90 valence electrons. The summed E-state index contributed by atoms with van der Waals surface area (Å²) in [7, 11) is 1.52. The van der Waals surface area contributed by atoms with Crippen LogP contribution in [0.4, 0.5) is 0 Å². The summed E-state index contributed by atoms with van der Waals surface area (Å²) < 4.78 is 4.75. The number of methoxy groups -OCH3 is 1. The third-order valence-corrected chi connectivity index (χ3v) is 2.54. The molecule has 1 amide bonds. The van der Waals surface area contributed by atoms with Gasteiger partial charge in [-0.3, -0.25) is 4.79 Å². The monoisotopic (exact) mass is 217 g/mol. The zero-order valence-corrected chi connectivity index (χ0v) is 10.1. The average Bonchev–Trinajstić information content (AvgIpc) is 2.15. The number of aliphatic hydroxyl groups excluding tert-OH is 1. The van der Waals surface area contributed by atoms with Crippen molar-refractivity contribution in [2.45, 2.75) is 33.3 Å². The van der Waals surface area contributed by atoms with Gasteiger partial charge in [0.1, 0.15) is 0 Å². The summed E-state index contributed by atoms with van der Waals surface area (Å²) in [6.07, 6.45) is -0.106. The van der Waals surface area contributed by atoms with Crippen LogP contribution in [0.2, 0.25) is 0 Å². The van der Waals surface area contributed by atoms with E-state index in [1.807, 2.05) is 0 Å². The lowest BCUT2D eigenvalue weighted by molar-refractivity contribution is -0.122. The van der Waals surface area contributed by atoms with Crippen molar-refractivity contribution in [3.63, 3.8) is 0 Å². The fourth-order valence-electron chi connectivity index (χ4n) is 1.08. The van der Waals surface area contributed by atoms with Crippen molar-refractivity contribution in [1.29, 1.82) is 0 Å². The van der Waals surface area contributed by atoms with Gasteiger partial charge in [-0.25, -0.2) is 0 Å². The number of carbonyl (C=O) groups is 1. The van der Waals surface area contributed by atoms with Crippen LogP contribution in [0.15, 0.2) is 0 Å². The van der Waals surface area contributed by atoms with E-state index < -0.39 is 6.10 Å². The van der Waals surface area contributed by atoms with E-state index in [4.69, 9.17) is 4.74 Å². The minimum Gasteiger partial charge on any atom is -0.389 e. The molecule has 0 aromatic rings. The van der Waals surface area contributed by atoms with E-state index in [9.17, 15) is 9.90 Å². The molecule has 0 fully saturated rings. The maximum absolute atomic E-state index is 11.4. The molecule has 2 atom stereocenters. The molecule has 0 aliphatic heterocycles. The van der Waals surface area contributed by atoms with Crippen LogP contribution in [-0.2, 0) is 9.53 Å². The normalized spacial score (nSPS) is 15.1. The minimum absolute atomic E-state index is 0.00801. The summed E-state index contributed by atoms with van der Waals surface area (Å²) in [5.41, 5.74) is 0. The lowest BCUT2D eigenvalue weighted by Gasteiger charge is -2.16. The highest BCUT2D eigenvalue weighted by atomic mass is 16.5.